The molecule has 0 saturated heterocycles. The summed E-state index contributed by atoms with van der Waals surface area (Å²) in [6.07, 6.45) is 1.11. The summed E-state index contributed by atoms with van der Waals surface area (Å²) in [6, 6.07) is 9.29. The van der Waals surface area contributed by atoms with Crippen LogP contribution in [0.1, 0.15) is 5.56 Å². The zero-order chi connectivity index (χ0) is 16.1. The molecule has 0 radical (unpaired) electrons. The summed E-state index contributed by atoms with van der Waals surface area (Å²) in [5.41, 5.74) is 0.903. The minimum absolute atomic E-state index is 0.221. The van der Waals surface area contributed by atoms with Crippen LogP contribution in [0.15, 0.2) is 43.0 Å². The van der Waals surface area contributed by atoms with Crippen molar-refractivity contribution in [3.63, 3.8) is 0 Å². The number of carbonyl (C=O) groups excluding carboxylic acids is 1. The van der Waals surface area contributed by atoms with Gasteiger partial charge in [-0.05, 0) is 5.56 Å². The van der Waals surface area contributed by atoms with Gasteiger partial charge in [0.25, 0.3) is 0 Å². The van der Waals surface area contributed by atoms with Gasteiger partial charge < -0.3 is 4.74 Å². The van der Waals surface area contributed by atoms with Gasteiger partial charge in [-0.15, -0.1) is 6.58 Å². The van der Waals surface area contributed by atoms with Crippen LogP contribution < -0.4 is 0 Å². The maximum Gasteiger partial charge on any atom is 0.309 e. The van der Waals surface area contributed by atoms with E-state index in [1.54, 1.807) is 19.6 Å². The van der Waals surface area contributed by atoms with Gasteiger partial charge >= 0.3 is 5.92 Å². The first-order chi connectivity index (χ1) is 9.69. The van der Waals surface area contributed by atoms with E-state index in [0.717, 1.165) is 11.6 Å². The summed E-state index contributed by atoms with van der Waals surface area (Å²) in [7, 11) is -2.57. The van der Waals surface area contributed by atoms with Crippen molar-refractivity contribution >= 4 is 13.5 Å². The highest BCUT2D eigenvalue weighted by Gasteiger charge is 2.50. The lowest BCUT2D eigenvalue weighted by Crippen LogP contribution is -2.50. The molecular formula is C16H22F2O2Si. The molecule has 1 unspecified atom stereocenters. The van der Waals surface area contributed by atoms with Gasteiger partial charge in [0, 0.05) is 0 Å². The van der Waals surface area contributed by atoms with Gasteiger partial charge in [0.1, 0.15) is 8.07 Å². The van der Waals surface area contributed by atoms with Gasteiger partial charge in [0.15, 0.2) is 5.41 Å². The smallest absolute Gasteiger partial charge is 0.309 e. The minimum atomic E-state index is -3.41. The van der Waals surface area contributed by atoms with Crippen molar-refractivity contribution in [1.29, 1.82) is 0 Å². The lowest BCUT2D eigenvalue weighted by atomic mass is 10.0. The normalized spacial score (nSPS) is 13.8. The van der Waals surface area contributed by atoms with Crippen LogP contribution in [-0.2, 0) is 16.1 Å². The van der Waals surface area contributed by atoms with Crippen molar-refractivity contribution in [3.8, 4) is 0 Å². The number of alkyl halides is 2. The summed E-state index contributed by atoms with van der Waals surface area (Å²) in [5.74, 6) is -4.71. The molecule has 0 aromatic heterocycles. The standard InChI is InChI=1S/C16H22F2O2Si/c1-5-14(16(17,18)15(19)21(2,3)4)12-20-11-13-9-7-6-8-10-13/h5-10,14H,1,11-12H2,2-4H3. The number of hydrogen-bond donors (Lipinski definition) is 0. The highest BCUT2D eigenvalue weighted by atomic mass is 28.3. The molecule has 0 aliphatic heterocycles. The number of carbonyl (C=O) groups is 1. The van der Waals surface area contributed by atoms with E-state index in [9.17, 15) is 13.6 Å². The van der Waals surface area contributed by atoms with E-state index in [1.807, 2.05) is 30.3 Å². The Morgan fingerprint density at radius 3 is 2.38 bits per heavy atom. The summed E-state index contributed by atoms with van der Waals surface area (Å²) in [5, 5.41) is -0.955. The molecular weight excluding hydrogens is 290 g/mol. The average Bonchev–Trinajstić information content (AvgIpc) is 2.42. The molecule has 116 valence electrons. The first-order valence-corrected chi connectivity index (χ1v) is 10.4. The van der Waals surface area contributed by atoms with Crippen LogP contribution in [0.5, 0.6) is 0 Å². The number of hydrogen-bond acceptors (Lipinski definition) is 2. The van der Waals surface area contributed by atoms with E-state index < -0.39 is 25.3 Å². The second-order valence-electron chi connectivity index (χ2n) is 6.05. The summed E-state index contributed by atoms with van der Waals surface area (Å²) >= 11 is 0. The number of rotatable bonds is 8. The van der Waals surface area contributed by atoms with E-state index in [-0.39, 0.29) is 13.2 Å². The highest BCUT2D eigenvalue weighted by Crippen LogP contribution is 2.31. The Labute approximate surface area is 125 Å². The van der Waals surface area contributed by atoms with Crippen molar-refractivity contribution in [1.82, 2.24) is 0 Å². The summed E-state index contributed by atoms with van der Waals surface area (Å²) in [4.78, 5) is 11.9. The second kappa shape index (κ2) is 7.09. The van der Waals surface area contributed by atoms with Gasteiger partial charge in [0.05, 0.1) is 19.1 Å². The Balaban J connectivity index is 2.66. The molecule has 0 amide bonds. The van der Waals surface area contributed by atoms with Gasteiger partial charge in [-0.3, -0.25) is 4.79 Å². The monoisotopic (exact) mass is 312 g/mol. The zero-order valence-electron chi connectivity index (χ0n) is 12.7. The molecule has 0 heterocycles. The zero-order valence-corrected chi connectivity index (χ0v) is 13.7. The molecule has 2 nitrogen and oxygen atoms in total. The summed E-state index contributed by atoms with van der Waals surface area (Å²) in [6.45, 7) is 8.30. The fourth-order valence-electron chi connectivity index (χ4n) is 1.87. The van der Waals surface area contributed by atoms with Gasteiger partial charge in [0.2, 0.25) is 0 Å². The largest absolute Gasteiger partial charge is 0.376 e. The van der Waals surface area contributed by atoms with Crippen LogP contribution in [-0.4, -0.2) is 26.0 Å². The Morgan fingerprint density at radius 1 is 1.33 bits per heavy atom. The topological polar surface area (TPSA) is 26.3 Å². The Morgan fingerprint density at radius 2 is 1.90 bits per heavy atom. The van der Waals surface area contributed by atoms with Crippen LogP contribution >= 0.6 is 0 Å². The molecule has 1 atom stereocenters. The van der Waals surface area contributed by atoms with Gasteiger partial charge in [-0.25, -0.2) is 0 Å². The second-order valence-corrected chi connectivity index (χ2v) is 11.0. The third-order valence-corrected chi connectivity index (χ3v) is 4.84. The molecule has 1 rings (SSSR count). The van der Waals surface area contributed by atoms with E-state index in [1.165, 1.54) is 0 Å². The van der Waals surface area contributed by atoms with Crippen LogP contribution in [0, 0.1) is 5.92 Å². The van der Waals surface area contributed by atoms with Crippen molar-refractivity contribution < 1.29 is 18.3 Å². The van der Waals surface area contributed by atoms with Crippen LogP contribution in [0.3, 0.4) is 0 Å². The van der Waals surface area contributed by atoms with Crippen molar-refractivity contribution in [2.45, 2.75) is 32.2 Å². The Hall–Kier alpha value is -1.33. The van der Waals surface area contributed by atoms with Crippen molar-refractivity contribution in [2.75, 3.05) is 6.61 Å². The van der Waals surface area contributed by atoms with E-state index in [2.05, 4.69) is 6.58 Å². The van der Waals surface area contributed by atoms with Gasteiger partial charge in [-0.2, -0.15) is 8.78 Å². The molecule has 21 heavy (non-hydrogen) atoms. The summed E-state index contributed by atoms with van der Waals surface area (Å²) < 4.78 is 33.8. The molecule has 0 bridgehead atoms. The van der Waals surface area contributed by atoms with Crippen molar-refractivity contribution in [2.24, 2.45) is 5.92 Å². The van der Waals surface area contributed by atoms with Crippen LogP contribution in [0.25, 0.3) is 0 Å². The van der Waals surface area contributed by atoms with Crippen LogP contribution in [0.4, 0.5) is 8.78 Å². The first-order valence-electron chi connectivity index (χ1n) is 6.86. The molecule has 0 fully saturated rings. The molecule has 0 aliphatic carbocycles. The maximum atomic E-state index is 14.2. The molecule has 0 N–H and O–H groups in total. The fraction of sp³-hybridized carbons (Fsp3) is 0.438. The molecule has 1 aromatic carbocycles. The third kappa shape index (κ3) is 4.86. The Bertz CT molecular complexity index is 481. The molecule has 0 aliphatic rings. The predicted molar refractivity (Wildman–Crippen MR) is 83.1 cm³/mol. The molecule has 1 aromatic rings. The third-order valence-electron chi connectivity index (χ3n) is 3.14. The minimum Gasteiger partial charge on any atom is -0.376 e. The van der Waals surface area contributed by atoms with E-state index in [0.29, 0.717) is 0 Å². The number of ether oxygens (including phenoxy) is 1. The predicted octanol–water partition coefficient (Wildman–Crippen LogP) is 4.09. The SMILES string of the molecule is C=CC(COCc1ccccc1)C(F)(F)C(=O)[Si](C)(C)C. The first kappa shape index (κ1) is 17.7. The lowest BCUT2D eigenvalue weighted by molar-refractivity contribution is -0.144. The van der Waals surface area contributed by atoms with E-state index >= 15 is 0 Å². The quantitative estimate of drug-likeness (QED) is 0.534. The Kier molecular flexibility index (Phi) is 5.98. The van der Waals surface area contributed by atoms with E-state index in [4.69, 9.17) is 4.74 Å². The van der Waals surface area contributed by atoms with Gasteiger partial charge in [-0.1, -0.05) is 56.0 Å². The number of halogens is 2. The van der Waals surface area contributed by atoms with Crippen LogP contribution in [0.2, 0.25) is 19.6 Å². The molecule has 0 spiro atoms. The average molecular weight is 312 g/mol. The number of benzene rings is 1. The lowest BCUT2D eigenvalue weighted by Gasteiger charge is -2.28. The highest BCUT2D eigenvalue weighted by molar-refractivity contribution is 7.04. The maximum absolute atomic E-state index is 14.2. The fourth-order valence-corrected chi connectivity index (χ4v) is 3.05. The molecule has 0 saturated carbocycles. The molecule has 5 heteroatoms. The van der Waals surface area contributed by atoms with Crippen molar-refractivity contribution in [3.05, 3.63) is 48.6 Å².